The van der Waals surface area contributed by atoms with Crippen LogP contribution >= 0.6 is 0 Å². The van der Waals surface area contributed by atoms with Gasteiger partial charge in [0.25, 0.3) is 0 Å². The Kier molecular flexibility index (Phi) is 6.63. The zero-order valence-corrected chi connectivity index (χ0v) is 14.3. The molecule has 0 saturated heterocycles. The monoisotopic (exact) mass is 313 g/mol. The molecule has 1 unspecified atom stereocenters. The third-order valence-electron chi connectivity index (χ3n) is 3.87. The molecule has 2 rings (SSSR count). The van der Waals surface area contributed by atoms with E-state index in [2.05, 4.69) is 30.9 Å². The summed E-state index contributed by atoms with van der Waals surface area (Å²) < 4.78 is 5.68. The lowest BCUT2D eigenvalue weighted by Crippen LogP contribution is -2.39. The molecule has 0 aromatic heterocycles. The van der Waals surface area contributed by atoms with E-state index in [9.17, 15) is 5.11 Å². The molecule has 0 aliphatic heterocycles. The van der Waals surface area contributed by atoms with Crippen molar-refractivity contribution in [2.75, 3.05) is 13.2 Å². The van der Waals surface area contributed by atoms with Crippen LogP contribution in [0, 0.1) is 6.92 Å². The van der Waals surface area contributed by atoms with E-state index in [1.807, 2.05) is 49.4 Å². The molecular formula is C20H27NO2. The third kappa shape index (κ3) is 6.05. The smallest absolute Gasteiger partial charge is 0.119 e. The molecule has 0 aliphatic rings. The summed E-state index contributed by atoms with van der Waals surface area (Å²) in [6, 6.07) is 18.6. The second kappa shape index (κ2) is 8.70. The Labute approximate surface area is 139 Å². The second-order valence-electron chi connectivity index (χ2n) is 6.29. The maximum Gasteiger partial charge on any atom is 0.119 e. The van der Waals surface area contributed by atoms with Crippen LogP contribution in [-0.4, -0.2) is 35.3 Å². The molecule has 0 bridgehead atoms. The van der Waals surface area contributed by atoms with Crippen molar-refractivity contribution in [2.24, 2.45) is 0 Å². The predicted molar refractivity (Wildman–Crippen MR) is 94.7 cm³/mol. The van der Waals surface area contributed by atoms with Crippen molar-refractivity contribution >= 4 is 0 Å². The van der Waals surface area contributed by atoms with Gasteiger partial charge in [0.05, 0.1) is 0 Å². The van der Waals surface area contributed by atoms with Gasteiger partial charge in [0.1, 0.15) is 18.5 Å². The second-order valence-corrected chi connectivity index (χ2v) is 6.29. The molecule has 0 aliphatic carbocycles. The van der Waals surface area contributed by atoms with E-state index < -0.39 is 6.10 Å². The number of aryl methyl sites for hydroxylation is 1. The van der Waals surface area contributed by atoms with Gasteiger partial charge in [-0.2, -0.15) is 0 Å². The number of hydrogen-bond acceptors (Lipinski definition) is 3. The van der Waals surface area contributed by atoms with Gasteiger partial charge in [-0.15, -0.1) is 0 Å². The van der Waals surface area contributed by atoms with Gasteiger partial charge in [-0.25, -0.2) is 0 Å². The Bertz CT molecular complexity index is 566. The average molecular weight is 313 g/mol. The first-order valence-electron chi connectivity index (χ1n) is 8.20. The fourth-order valence-corrected chi connectivity index (χ4v) is 2.43. The first-order valence-corrected chi connectivity index (χ1v) is 8.20. The number of aliphatic hydroxyl groups excluding tert-OH is 1. The van der Waals surface area contributed by atoms with Crippen LogP contribution in [0.25, 0.3) is 0 Å². The van der Waals surface area contributed by atoms with Gasteiger partial charge in [-0.3, -0.25) is 4.90 Å². The first kappa shape index (κ1) is 17.5. The number of nitrogens with zero attached hydrogens (tertiary/aromatic N) is 1. The summed E-state index contributed by atoms with van der Waals surface area (Å²) in [4.78, 5) is 2.26. The zero-order chi connectivity index (χ0) is 16.7. The molecule has 3 nitrogen and oxygen atoms in total. The SMILES string of the molecule is Cc1ccc(OCC(O)CN(Cc2ccccc2)C(C)C)cc1. The highest BCUT2D eigenvalue weighted by molar-refractivity contribution is 5.26. The molecule has 2 aromatic rings. The van der Waals surface area contributed by atoms with Gasteiger partial charge in [-0.1, -0.05) is 48.0 Å². The summed E-state index contributed by atoms with van der Waals surface area (Å²) in [7, 11) is 0. The van der Waals surface area contributed by atoms with Crippen molar-refractivity contribution in [2.45, 2.75) is 39.5 Å². The fraction of sp³-hybridized carbons (Fsp3) is 0.400. The van der Waals surface area contributed by atoms with Crippen LogP contribution in [0.2, 0.25) is 0 Å². The maximum atomic E-state index is 10.3. The minimum atomic E-state index is -0.512. The van der Waals surface area contributed by atoms with Gasteiger partial charge in [-0.05, 0) is 38.5 Å². The van der Waals surface area contributed by atoms with Crippen molar-refractivity contribution < 1.29 is 9.84 Å². The van der Waals surface area contributed by atoms with Crippen molar-refractivity contribution in [3.8, 4) is 5.75 Å². The lowest BCUT2D eigenvalue weighted by atomic mass is 10.1. The first-order chi connectivity index (χ1) is 11.0. The molecule has 1 N–H and O–H groups in total. The number of rotatable bonds is 8. The van der Waals surface area contributed by atoms with Crippen LogP contribution in [0.15, 0.2) is 54.6 Å². The average Bonchev–Trinajstić information content (AvgIpc) is 2.54. The summed E-state index contributed by atoms with van der Waals surface area (Å²) in [6.07, 6.45) is -0.512. The largest absolute Gasteiger partial charge is 0.491 e. The van der Waals surface area contributed by atoms with E-state index in [1.165, 1.54) is 11.1 Å². The Balaban J connectivity index is 1.85. The fourth-order valence-electron chi connectivity index (χ4n) is 2.43. The van der Waals surface area contributed by atoms with Crippen molar-refractivity contribution in [3.63, 3.8) is 0 Å². The van der Waals surface area contributed by atoms with Crippen LogP contribution in [0.4, 0.5) is 0 Å². The normalized spacial score (nSPS) is 12.6. The highest BCUT2D eigenvalue weighted by Crippen LogP contribution is 2.13. The van der Waals surface area contributed by atoms with E-state index in [0.29, 0.717) is 19.2 Å². The van der Waals surface area contributed by atoms with Crippen molar-refractivity contribution in [3.05, 3.63) is 65.7 Å². The van der Waals surface area contributed by atoms with Crippen LogP contribution < -0.4 is 4.74 Å². The van der Waals surface area contributed by atoms with Gasteiger partial charge < -0.3 is 9.84 Å². The van der Waals surface area contributed by atoms with Gasteiger partial charge in [0.15, 0.2) is 0 Å². The van der Waals surface area contributed by atoms with E-state index in [-0.39, 0.29) is 0 Å². The molecule has 23 heavy (non-hydrogen) atoms. The number of benzene rings is 2. The molecule has 0 heterocycles. The molecule has 0 fully saturated rings. The number of aliphatic hydroxyl groups is 1. The minimum Gasteiger partial charge on any atom is -0.491 e. The van der Waals surface area contributed by atoms with E-state index >= 15 is 0 Å². The number of hydrogen-bond donors (Lipinski definition) is 1. The highest BCUT2D eigenvalue weighted by atomic mass is 16.5. The van der Waals surface area contributed by atoms with Crippen LogP contribution in [0.1, 0.15) is 25.0 Å². The van der Waals surface area contributed by atoms with Crippen molar-refractivity contribution in [1.29, 1.82) is 0 Å². The lowest BCUT2D eigenvalue weighted by molar-refractivity contribution is 0.0543. The molecule has 2 aromatic carbocycles. The third-order valence-corrected chi connectivity index (χ3v) is 3.87. The quantitative estimate of drug-likeness (QED) is 0.807. The van der Waals surface area contributed by atoms with Crippen molar-refractivity contribution in [1.82, 2.24) is 4.90 Å². The maximum absolute atomic E-state index is 10.3. The Hall–Kier alpha value is -1.84. The highest BCUT2D eigenvalue weighted by Gasteiger charge is 2.15. The molecule has 0 amide bonds. The zero-order valence-electron chi connectivity index (χ0n) is 14.3. The summed E-state index contributed by atoms with van der Waals surface area (Å²) in [6.45, 7) is 8.08. The van der Waals surface area contributed by atoms with Gasteiger partial charge in [0.2, 0.25) is 0 Å². The summed E-state index contributed by atoms with van der Waals surface area (Å²) in [5.74, 6) is 0.800. The molecule has 0 radical (unpaired) electrons. The topological polar surface area (TPSA) is 32.7 Å². The van der Waals surface area contributed by atoms with Gasteiger partial charge in [0, 0.05) is 19.1 Å². The summed E-state index contributed by atoms with van der Waals surface area (Å²) in [5, 5.41) is 10.3. The Morgan fingerprint density at radius 3 is 2.26 bits per heavy atom. The van der Waals surface area contributed by atoms with Crippen LogP contribution in [0.5, 0.6) is 5.75 Å². The van der Waals surface area contributed by atoms with Gasteiger partial charge >= 0.3 is 0 Å². The molecule has 3 heteroatoms. The molecular weight excluding hydrogens is 286 g/mol. The van der Waals surface area contributed by atoms with E-state index in [0.717, 1.165) is 12.3 Å². The summed E-state index contributed by atoms with van der Waals surface area (Å²) in [5.41, 5.74) is 2.46. The molecule has 0 spiro atoms. The molecule has 0 saturated carbocycles. The van der Waals surface area contributed by atoms with E-state index in [4.69, 9.17) is 4.74 Å². The Morgan fingerprint density at radius 2 is 1.65 bits per heavy atom. The number of ether oxygens (including phenoxy) is 1. The Morgan fingerprint density at radius 1 is 1.00 bits per heavy atom. The van der Waals surface area contributed by atoms with E-state index in [1.54, 1.807) is 0 Å². The summed E-state index contributed by atoms with van der Waals surface area (Å²) >= 11 is 0. The molecule has 124 valence electrons. The lowest BCUT2D eigenvalue weighted by Gasteiger charge is -2.28. The minimum absolute atomic E-state index is 0.307. The van der Waals surface area contributed by atoms with Crippen LogP contribution in [0.3, 0.4) is 0 Å². The molecule has 1 atom stereocenters. The predicted octanol–water partition coefficient (Wildman–Crippen LogP) is 3.65. The standard InChI is InChI=1S/C20H27NO2/c1-16(2)21(13-18-7-5-4-6-8-18)14-19(22)15-23-20-11-9-17(3)10-12-20/h4-12,16,19,22H,13-15H2,1-3H3. The van der Waals surface area contributed by atoms with Crippen LogP contribution in [-0.2, 0) is 6.54 Å².